The number of benzene rings is 3. The molecule has 0 fully saturated rings. The fraction of sp³-hybridized carbons (Fsp3) is 0.0870. The molecular formula is C23H18N2O3. The first-order valence-electron chi connectivity index (χ1n) is 8.95. The lowest BCUT2D eigenvalue weighted by atomic mass is 10.0. The summed E-state index contributed by atoms with van der Waals surface area (Å²) in [6.45, 7) is 2.42. The predicted octanol–water partition coefficient (Wildman–Crippen LogP) is 3.48. The lowest BCUT2D eigenvalue weighted by molar-refractivity contribution is 0.0878. The molecule has 138 valence electrons. The molecule has 0 bridgehead atoms. The largest absolute Gasteiger partial charge is 0.348 e. The van der Waals surface area contributed by atoms with E-state index in [1.54, 1.807) is 6.07 Å². The molecule has 5 heteroatoms. The molecule has 0 saturated carbocycles. The molecule has 3 aromatic rings. The van der Waals surface area contributed by atoms with Gasteiger partial charge in [0.15, 0.2) is 0 Å². The summed E-state index contributed by atoms with van der Waals surface area (Å²) < 4.78 is 0. The van der Waals surface area contributed by atoms with Crippen LogP contribution in [0.25, 0.3) is 11.1 Å². The van der Waals surface area contributed by atoms with Gasteiger partial charge in [-0.05, 0) is 47.9 Å². The van der Waals surface area contributed by atoms with E-state index in [1.807, 2.05) is 30.3 Å². The van der Waals surface area contributed by atoms with Crippen LogP contribution in [0.2, 0.25) is 0 Å². The van der Waals surface area contributed by atoms with E-state index in [4.69, 9.17) is 0 Å². The van der Waals surface area contributed by atoms with Crippen LogP contribution in [0.4, 0.5) is 0 Å². The second-order valence-corrected chi connectivity index (χ2v) is 6.80. The van der Waals surface area contributed by atoms with E-state index in [0.717, 1.165) is 16.7 Å². The molecule has 1 heterocycles. The predicted molar refractivity (Wildman–Crippen MR) is 106 cm³/mol. The van der Waals surface area contributed by atoms with Gasteiger partial charge in [0.1, 0.15) is 0 Å². The third-order valence-corrected chi connectivity index (χ3v) is 4.73. The van der Waals surface area contributed by atoms with Crippen molar-refractivity contribution in [3.63, 3.8) is 0 Å². The number of carbonyl (C=O) groups is 3. The first-order valence-corrected chi connectivity index (χ1v) is 8.95. The standard InChI is InChI=1S/C23H18N2O3/c1-14-4-2-6-16(10-14)17-7-3-5-15(11-17)13-24-21(26)18-8-9-19-20(12-18)23(28)25-22(19)27/h2-12H,13H2,1H3,(H,24,26)(H,25,27,28). The lowest BCUT2D eigenvalue weighted by Crippen LogP contribution is -2.23. The van der Waals surface area contributed by atoms with Crippen molar-refractivity contribution in [2.75, 3.05) is 0 Å². The van der Waals surface area contributed by atoms with Crippen LogP contribution >= 0.6 is 0 Å². The number of imide groups is 1. The zero-order valence-corrected chi connectivity index (χ0v) is 15.3. The minimum atomic E-state index is -0.472. The van der Waals surface area contributed by atoms with Crippen LogP contribution in [0.5, 0.6) is 0 Å². The van der Waals surface area contributed by atoms with Crippen LogP contribution < -0.4 is 10.6 Å². The highest BCUT2D eigenvalue weighted by Crippen LogP contribution is 2.22. The number of hydrogen-bond acceptors (Lipinski definition) is 3. The summed E-state index contributed by atoms with van der Waals surface area (Å²) in [5.41, 5.74) is 5.26. The summed E-state index contributed by atoms with van der Waals surface area (Å²) in [6, 6.07) is 20.8. The van der Waals surface area contributed by atoms with Gasteiger partial charge in [-0.1, -0.05) is 48.0 Å². The third-order valence-electron chi connectivity index (χ3n) is 4.73. The molecule has 2 N–H and O–H groups in total. The van der Waals surface area contributed by atoms with E-state index < -0.39 is 11.8 Å². The maximum atomic E-state index is 12.5. The molecule has 1 aliphatic heterocycles. The van der Waals surface area contributed by atoms with Crippen molar-refractivity contribution in [1.29, 1.82) is 0 Å². The molecule has 28 heavy (non-hydrogen) atoms. The molecule has 5 nitrogen and oxygen atoms in total. The molecule has 0 radical (unpaired) electrons. The zero-order valence-electron chi connectivity index (χ0n) is 15.3. The number of rotatable bonds is 4. The van der Waals surface area contributed by atoms with Crippen molar-refractivity contribution in [2.24, 2.45) is 0 Å². The molecular weight excluding hydrogens is 352 g/mol. The smallest absolute Gasteiger partial charge is 0.258 e. The average molecular weight is 370 g/mol. The van der Waals surface area contributed by atoms with Gasteiger partial charge in [-0.3, -0.25) is 19.7 Å². The van der Waals surface area contributed by atoms with Gasteiger partial charge in [-0.15, -0.1) is 0 Å². The van der Waals surface area contributed by atoms with E-state index in [1.165, 1.54) is 17.7 Å². The summed E-state index contributed by atoms with van der Waals surface area (Å²) >= 11 is 0. The Balaban J connectivity index is 1.49. The first kappa shape index (κ1) is 17.7. The van der Waals surface area contributed by atoms with Gasteiger partial charge in [0.2, 0.25) is 0 Å². The fourth-order valence-electron chi connectivity index (χ4n) is 3.28. The molecule has 4 rings (SSSR count). The lowest BCUT2D eigenvalue weighted by Gasteiger charge is -2.09. The van der Waals surface area contributed by atoms with Crippen molar-refractivity contribution in [1.82, 2.24) is 10.6 Å². The van der Waals surface area contributed by atoms with E-state index in [-0.39, 0.29) is 11.5 Å². The molecule has 3 amide bonds. The van der Waals surface area contributed by atoms with Crippen LogP contribution in [0, 0.1) is 6.92 Å². The first-order chi connectivity index (χ1) is 13.5. The Labute approximate surface area is 162 Å². The number of fused-ring (bicyclic) bond motifs is 1. The topological polar surface area (TPSA) is 75.3 Å². The van der Waals surface area contributed by atoms with Crippen molar-refractivity contribution >= 4 is 17.7 Å². The number of nitrogens with one attached hydrogen (secondary N) is 2. The van der Waals surface area contributed by atoms with Crippen molar-refractivity contribution in [3.05, 3.63) is 94.5 Å². The van der Waals surface area contributed by atoms with Crippen LogP contribution in [-0.4, -0.2) is 17.7 Å². The molecule has 1 aliphatic rings. The van der Waals surface area contributed by atoms with E-state index in [2.05, 4.69) is 35.8 Å². The second-order valence-electron chi connectivity index (χ2n) is 6.80. The van der Waals surface area contributed by atoms with Gasteiger partial charge < -0.3 is 5.32 Å². The summed E-state index contributed by atoms with van der Waals surface area (Å²) in [5, 5.41) is 5.09. The Morgan fingerprint density at radius 1 is 0.857 bits per heavy atom. The Bertz CT molecular complexity index is 1120. The van der Waals surface area contributed by atoms with Crippen LogP contribution in [-0.2, 0) is 6.54 Å². The molecule has 0 atom stereocenters. The molecule has 0 unspecified atom stereocenters. The Morgan fingerprint density at radius 3 is 2.36 bits per heavy atom. The molecule has 0 spiro atoms. The molecule has 0 aliphatic carbocycles. The summed E-state index contributed by atoms with van der Waals surface area (Å²) in [4.78, 5) is 35.8. The summed E-state index contributed by atoms with van der Waals surface area (Å²) in [6.07, 6.45) is 0. The molecule has 0 aromatic heterocycles. The maximum Gasteiger partial charge on any atom is 0.258 e. The highest BCUT2D eigenvalue weighted by molar-refractivity contribution is 6.22. The van der Waals surface area contributed by atoms with Crippen LogP contribution in [0.3, 0.4) is 0 Å². The highest BCUT2D eigenvalue weighted by Gasteiger charge is 2.27. The monoisotopic (exact) mass is 370 g/mol. The third kappa shape index (κ3) is 3.42. The number of carbonyl (C=O) groups excluding carboxylic acids is 3. The normalized spacial score (nSPS) is 12.5. The Hall–Kier alpha value is -3.73. The average Bonchev–Trinajstić information content (AvgIpc) is 2.99. The number of hydrogen-bond donors (Lipinski definition) is 2. The maximum absolute atomic E-state index is 12.5. The molecule has 0 saturated heterocycles. The van der Waals surface area contributed by atoms with Gasteiger partial charge in [0.25, 0.3) is 17.7 Å². The zero-order chi connectivity index (χ0) is 19.7. The van der Waals surface area contributed by atoms with E-state index in [0.29, 0.717) is 17.7 Å². The van der Waals surface area contributed by atoms with Crippen LogP contribution in [0.1, 0.15) is 42.2 Å². The van der Waals surface area contributed by atoms with Crippen molar-refractivity contribution in [3.8, 4) is 11.1 Å². The quantitative estimate of drug-likeness (QED) is 0.691. The van der Waals surface area contributed by atoms with Crippen molar-refractivity contribution in [2.45, 2.75) is 13.5 Å². The Kier molecular flexibility index (Phi) is 4.49. The van der Waals surface area contributed by atoms with Crippen LogP contribution in [0.15, 0.2) is 66.7 Å². The van der Waals surface area contributed by atoms with E-state index >= 15 is 0 Å². The van der Waals surface area contributed by atoms with E-state index in [9.17, 15) is 14.4 Å². The van der Waals surface area contributed by atoms with Crippen molar-refractivity contribution < 1.29 is 14.4 Å². The fourth-order valence-corrected chi connectivity index (χ4v) is 3.28. The molecule has 3 aromatic carbocycles. The summed E-state index contributed by atoms with van der Waals surface area (Å²) in [5.74, 6) is -1.20. The van der Waals surface area contributed by atoms with Gasteiger partial charge in [0, 0.05) is 12.1 Å². The Morgan fingerprint density at radius 2 is 1.57 bits per heavy atom. The minimum Gasteiger partial charge on any atom is -0.348 e. The van der Waals surface area contributed by atoms with Gasteiger partial charge in [-0.25, -0.2) is 0 Å². The van der Waals surface area contributed by atoms with Gasteiger partial charge in [0.05, 0.1) is 11.1 Å². The minimum absolute atomic E-state index is 0.235. The second kappa shape index (κ2) is 7.12. The number of aryl methyl sites for hydroxylation is 1. The SMILES string of the molecule is Cc1cccc(-c2cccc(CNC(=O)c3ccc4c(c3)C(=O)NC4=O)c2)c1. The highest BCUT2D eigenvalue weighted by atomic mass is 16.2. The summed E-state index contributed by atoms with van der Waals surface area (Å²) in [7, 11) is 0. The van der Waals surface area contributed by atoms with Gasteiger partial charge in [-0.2, -0.15) is 0 Å². The van der Waals surface area contributed by atoms with Gasteiger partial charge >= 0.3 is 0 Å². The number of amides is 3.